The highest BCUT2D eigenvalue weighted by atomic mass is 16.5. The second-order valence-electron chi connectivity index (χ2n) is 7.75. The quantitative estimate of drug-likeness (QED) is 0.670. The van der Waals surface area contributed by atoms with E-state index >= 15 is 0 Å². The summed E-state index contributed by atoms with van der Waals surface area (Å²) in [6, 6.07) is 10.2. The topological polar surface area (TPSA) is 73.1 Å². The molecule has 0 unspecified atom stereocenters. The third-order valence-electron chi connectivity index (χ3n) is 5.99. The fourth-order valence-electron chi connectivity index (χ4n) is 4.27. The maximum absolute atomic E-state index is 13.4. The predicted molar refractivity (Wildman–Crippen MR) is 106 cm³/mol. The lowest BCUT2D eigenvalue weighted by molar-refractivity contribution is -0.135. The zero-order valence-corrected chi connectivity index (χ0v) is 16.4. The maximum Gasteiger partial charge on any atom is 0.233 e. The molecule has 1 fully saturated rings. The Morgan fingerprint density at radius 3 is 2.76 bits per heavy atom. The molecule has 0 radical (unpaired) electrons. The number of ether oxygens (including phenoxy) is 1. The van der Waals surface area contributed by atoms with E-state index in [9.17, 15) is 4.79 Å². The molecule has 5 rings (SSSR count). The van der Waals surface area contributed by atoms with Crippen LogP contribution < -0.4 is 4.74 Å². The molecule has 1 aromatic carbocycles. The Morgan fingerprint density at radius 2 is 2.03 bits per heavy atom. The fraction of sp³-hybridized carbons (Fsp3) is 0.364. The summed E-state index contributed by atoms with van der Waals surface area (Å²) in [5.41, 5.74) is 3.93. The number of aryl methyl sites for hydroxylation is 1. The number of aromatic nitrogens is 4. The number of fused-ring (bicyclic) bond motifs is 1. The van der Waals surface area contributed by atoms with Gasteiger partial charge in [0.2, 0.25) is 11.8 Å². The van der Waals surface area contributed by atoms with Crippen molar-refractivity contribution in [2.75, 3.05) is 6.54 Å². The molecule has 148 valence electrons. The van der Waals surface area contributed by atoms with Crippen molar-refractivity contribution in [3.05, 3.63) is 71.4 Å². The van der Waals surface area contributed by atoms with Crippen LogP contribution in [0.5, 0.6) is 5.88 Å². The van der Waals surface area contributed by atoms with Crippen molar-refractivity contribution < 1.29 is 9.53 Å². The van der Waals surface area contributed by atoms with Gasteiger partial charge in [-0.15, -0.1) is 0 Å². The first-order valence-corrected chi connectivity index (χ1v) is 9.95. The molecule has 0 N–H and O–H groups in total. The van der Waals surface area contributed by atoms with Crippen molar-refractivity contribution in [3.63, 3.8) is 0 Å². The zero-order chi connectivity index (χ0) is 19.8. The lowest BCUT2D eigenvalue weighted by Gasteiger charge is -2.31. The van der Waals surface area contributed by atoms with Crippen LogP contribution in [0.3, 0.4) is 0 Å². The van der Waals surface area contributed by atoms with E-state index in [1.54, 1.807) is 18.6 Å². The number of nitrogens with zero attached hydrogens (tertiary/aromatic N) is 5. The molecule has 1 saturated carbocycles. The van der Waals surface area contributed by atoms with Crippen molar-refractivity contribution in [2.24, 2.45) is 7.05 Å². The second-order valence-corrected chi connectivity index (χ2v) is 7.75. The first-order chi connectivity index (χ1) is 14.2. The molecular weight excluding hydrogens is 366 g/mol. The number of amides is 1. The van der Waals surface area contributed by atoms with Crippen molar-refractivity contribution in [2.45, 2.75) is 37.8 Å². The summed E-state index contributed by atoms with van der Waals surface area (Å²) in [5.74, 6) is 0.704. The van der Waals surface area contributed by atoms with Crippen LogP contribution >= 0.6 is 0 Å². The highest BCUT2D eigenvalue weighted by Gasteiger charge is 2.53. The number of rotatable bonds is 5. The Balaban J connectivity index is 1.36. The highest BCUT2D eigenvalue weighted by Crippen LogP contribution is 2.50. The lowest BCUT2D eigenvalue weighted by atomic mass is 9.93. The Morgan fingerprint density at radius 1 is 1.21 bits per heavy atom. The van der Waals surface area contributed by atoms with Gasteiger partial charge in [-0.3, -0.25) is 14.5 Å². The van der Waals surface area contributed by atoms with Gasteiger partial charge in [0.05, 0.1) is 11.6 Å². The van der Waals surface area contributed by atoms with Gasteiger partial charge in [-0.2, -0.15) is 5.10 Å². The molecule has 0 saturated heterocycles. The second kappa shape index (κ2) is 6.99. The van der Waals surface area contributed by atoms with E-state index in [0.717, 1.165) is 42.6 Å². The minimum Gasteiger partial charge on any atom is -0.470 e. The van der Waals surface area contributed by atoms with Gasteiger partial charge in [-0.1, -0.05) is 30.3 Å². The van der Waals surface area contributed by atoms with Gasteiger partial charge in [0.1, 0.15) is 12.3 Å². The summed E-state index contributed by atoms with van der Waals surface area (Å²) in [7, 11) is 1.95. The molecule has 1 amide bonds. The SMILES string of the molecule is Cn1nc(COc2cnccn2)c2c1CCN(C(=O)C1(c3ccccc3)CC1)C2. The Labute approximate surface area is 169 Å². The average molecular weight is 389 g/mol. The molecule has 7 nitrogen and oxygen atoms in total. The van der Waals surface area contributed by atoms with Gasteiger partial charge in [0, 0.05) is 50.2 Å². The maximum atomic E-state index is 13.4. The fourth-order valence-corrected chi connectivity index (χ4v) is 4.27. The standard InChI is InChI=1S/C22H23N5O2/c1-26-19-7-12-27(21(28)22(8-9-22)16-5-3-2-4-6-16)14-17(19)18(25-26)15-29-20-13-23-10-11-24-20/h2-6,10-11,13H,7-9,12,14-15H2,1H3. The monoisotopic (exact) mass is 389 g/mol. The molecular formula is C22H23N5O2. The van der Waals surface area contributed by atoms with Gasteiger partial charge < -0.3 is 9.64 Å². The van der Waals surface area contributed by atoms with Crippen molar-refractivity contribution in [1.29, 1.82) is 0 Å². The number of benzene rings is 1. The molecule has 0 spiro atoms. The smallest absolute Gasteiger partial charge is 0.233 e. The largest absolute Gasteiger partial charge is 0.470 e. The average Bonchev–Trinajstić information content (AvgIpc) is 3.53. The molecule has 29 heavy (non-hydrogen) atoms. The van der Waals surface area contributed by atoms with E-state index in [0.29, 0.717) is 19.0 Å². The van der Waals surface area contributed by atoms with Gasteiger partial charge in [-0.25, -0.2) is 4.98 Å². The first-order valence-electron chi connectivity index (χ1n) is 9.95. The zero-order valence-electron chi connectivity index (χ0n) is 16.4. The summed E-state index contributed by atoms with van der Waals surface area (Å²) in [4.78, 5) is 23.6. The third-order valence-corrected chi connectivity index (χ3v) is 5.99. The number of hydrogen-bond acceptors (Lipinski definition) is 5. The minimum atomic E-state index is -0.336. The van der Waals surface area contributed by atoms with Crippen molar-refractivity contribution in [1.82, 2.24) is 24.6 Å². The molecule has 1 aliphatic heterocycles. The Hall–Kier alpha value is -3.22. The number of carbonyl (C=O) groups is 1. The van der Waals surface area contributed by atoms with Gasteiger partial charge in [0.15, 0.2) is 0 Å². The molecule has 0 atom stereocenters. The van der Waals surface area contributed by atoms with Crippen LogP contribution in [0.15, 0.2) is 48.9 Å². The molecule has 7 heteroatoms. The normalized spacial score (nSPS) is 16.9. The van der Waals surface area contributed by atoms with E-state index in [-0.39, 0.29) is 11.3 Å². The van der Waals surface area contributed by atoms with E-state index in [4.69, 9.17) is 4.74 Å². The van der Waals surface area contributed by atoms with Crippen LogP contribution in [-0.4, -0.2) is 37.1 Å². The van der Waals surface area contributed by atoms with E-state index in [2.05, 4.69) is 27.2 Å². The minimum absolute atomic E-state index is 0.235. The molecule has 1 aliphatic carbocycles. The van der Waals surface area contributed by atoms with Crippen LogP contribution in [0.1, 0.15) is 35.4 Å². The van der Waals surface area contributed by atoms with E-state index in [1.165, 1.54) is 5.69 Å². The van der Waals surface area contributed by atoms with Crippen LogP contribution in [0, 0.1) is 0 Å². The molecule has 2 aromatic heterocycles. The van der Waals surface area contributed by atoms with Crippen LogP contribution in [0.2, 0.25) is 0 Å². The summed E-state index contributed by atoms with van der Waals surface area (Å²) in [5, 5.41) is 4.64. The molecule has 0 bridgehead atoms. The van der Waals surface area contributed by atoms with E-state index in [1.807, 2.05) is 34.8 Å². The molecule has 3 heterocycles. The van der Waals surface area contributed by atoms with Gasteiger partial charge >= 0.3 is 0 Å². The van der Waals surface area contributed by atoms with Crippen molar-refractivity contribution >= 4 is 5.91 Å². The van der Waals surface area contributed by atoms with E-state index < -0.39 is 0 Å². The van der Waals surface area contributed by atoms with Crippen molar-refractivity contribution in [3.8, 4) is 5.88 Å². The third kappa shape index (κ3) is 3.16. The predicted octanol–water partition coefficient (Wildman–Crippen LogP) is 2.41. The van der Waals surface area contributed by atoms with Crippen LogP contribution in [-0.2, 0) is 36.8 Å². The summed E-state index contributed by atoms with van der Waals surface area (Å²) in [6.45, 7) is 1.62. The lowest BCUT2D eigenvalue weighted by Crippen LogP contribution is -2.42. The number of carbonyl (C=O) groups excluding carboxylic acids is 1. The van der Waals surface area contributed by atoms with Gasteiger partial charge in [-0.05, 0) is 18.4 Å². The van der Waals surface area contributed by atoms with Crippen LogP contribution in [0.4, 0.5) is 0 Å². The van der Waals surface area contributed by atoms with Crippen LogP contribution in [0.25, 0.3) is 0 Å². The summed E-state index contributed by atoms with van der Waals surface area (Å²) in [6.07, 6.45) is 7.45. The molecule has 3 aromatic rings. The Kier molecular flexibility index (Phi) is 4.30. The summed E-state index contributed by atoms with van der Waals surface area (Å²) < 4.78 is 7.68. The number of hydrogen-bond donors (Lipinski definition) is 0. The summed E-state index contributed by atoms with van der Waals surface area (Å²) >= 11 is 0. The van der Waals surface area contributed by atoms with Gasteiger partial charge in [0.25, 0.3) is 0 Å². The Bertz CT molecular complexity index is 1030. The first kappa shape index (κ1) is 17.8. The highest BCUT2D eigenvalue weighted by molar-refractivity contribution is 5.91. The molecule has 2 aliphatic rings.